The van der Waals surface area contributed by atoms with Gasteiger partial charge < -0.3 is 24.8 Å². The molecule has 35 heavy (non-hydrogen) atoms. The Bertz CT molecular complexity index is 1360. The molecule has 3 N–H and O–H groups in total. The predicted molar refractivity (Wildman–Crippen MR) is 134 cm³/mol. The zero-order chi connectivity index (χ0) is 24.8. The molecule has 0 bridgehead atoms. The van der Waals surface area contributed by atoms with E-state index in [2.05, 4.69) is 20.9 Å². The van der Waals surface area contributed by atoms with Crippen LogP contribution in [0.2, 0.25) is 5.02 Å². The molecule has 1 heterocycles. The molecule has 0 aliphatic heterocycles. The number of aromatic nitrogens is 1. The van der Waals surface area contributed by atoms with Crippen molar-refractivity contribution in [2.75, 3.05) is 24.9 Å². The number of fused-ring (bicyclic) bond motifs is 1. The van der Waals surface area contributed by atoms with Crippen LogP contribution in [-0.2, 0) is 0 Å². The van der Waals surface area contributed by atoms with Gasteiger partial charge in [0.15, 0.2) is 11.5 Å². The zero-order valence-electron chi connectivity index (χ0n) is 18.8. The van der Waals surface area contributed by atoms with Crippen LogP contribution in [0.5, 0.6) is 23.0 Å². The number of imide groups is 1. The quantitative estimate of drug-likeness (QED) is 0.302. The molecule has 10 heteroatoms. The molecule has 0 saturated carbocycles. The first-order valence-corrected chi connectivity index (χ1v) is 10.8. The minimum atomic E-state index is -0.689. The Morgan fingerprint density at radius 3 is 1.94 bits per heavy atom. The first kappa shape index (κ1) is 23.7. The molecule has 0 aliphatic rings. The molecule has 4 aromatic rings. The SMILES string of the molecule is COc1cc2nccc(Oc3ccc(NC(=O)NC(=O)Nc4ccc(Cl)cc4)cc3)c2cc1OC. The lowest BCUT2D eigenvalue weighted by Gasteiger charge is -2.13. The highest BCUT2D eigenvalue weighted by Crippen LogP contribution is 2.36. The van der Waals surface area contributed by atoms with Crippen molar-refractivity contribution in [1.82, 2.24) is 10.3 Å². The second-order valence-electron chi connectivity index (χ2n) is 7.20. The van der Waals surface area contributed by atoms with Crippen molar-refractivity contribution >= 4 is 45.9 Å². The number of anilines is 2. The highest BCUT2D eigenvalue weighted by atomic mass is 35.5. The van der Waals surface area contributed by atoms with Crippen molar-refractivity contribution in [3.05, 3.63) is 77.9 Å². The zero-order valence-corrected chi connectivity index (χ0v) is 19.6. The van der Waals surface area contributed by atoms with E-state index in [0.717, 1.165) is 5.39 Å². The third-order valence-corrected chi connectivity index (χ3v) is 5.13. The highest BCUT2D eigenvalue weighted by Gasteiger charge is 2.12. The van der Waals surface area contributed by atoms with Crippen molar-refractivity contribution in [3.63, 3.8) is 0 Å². The maximum Gasteiger partial charge on any atom is 0.327 e. The van der Waals surface area contributed by atoms with Crippen LogP contribution in [0.4, 0.5) is 21.0 Å². The van der Waals surface area contributed by atoms with Crippen LogP contribution >= 0.6 is 11.6 Å². The van der Waals surface area contributed by atoms with E-state index in [4.69, 9.17) is 25.8 Å². The molecule has 0 atom stereocenters. The van der Waals surface area contributed by atoms with Gasteiger partial charge in [0.1, 0.15) is 11.5 Å². The number of carbonyl (C=O) groups is 2. The molecule has 178 valence electrons. The van der Waals surface area contributed by atoms with Gasteiger partial charge in [-0.2, -0.15) is 0 Å². The lowest BCUT2D eigenvalue weighted by molar-refractivity contribution is 0.240. The molecule has 0 saturated heterocycles. The summed E-state index contributed by atoms with van der Waals surface area (Å²) in [5, 5.41) is 8.61. The van der Waals surface area contributed by atoms with Crippen molar-refractivity contribution in [2.45, 2.75) is 0 Å². The number of halogens is 1. The summed E-state index contributed by atoms with van der Waals surface area (Å²) in [7, 11) is 3.12. The molecule has 4 rings (SSSR count). The van der Waals surface area contributed by atoms with Crippen LogP contribution in [0.3, 0.4) is 0 Å². The number of carbonyl (C=O) groups excluding carboxylic acids is 2. The number of nitrogens with zero attached hydrogens (tertiary/aromatic N) is 1. The van der Waals surface area contributed by atoms with E-state index in [1.807, 2.05) is 0 Å². The van der Waals surface area contributed by atoms with E-state index < -0.39 is 12.1 Å². The second-order valence-corrected chi connectivity index (χ2v) is 7.64. The van der Waals surface area contributed by atoms with Crippen LogP contribution in [0, 0.1) is 0 Å². The fourth-order valence-corrected chi connectivity index (χ4v) is 3.36. The van der Waals surface area contributed by atoms with E-state index >= 15 is 0 Å². The normalized spacial score (nSPS) is 10.4. The molecule has 0 unspecified atom stereocenters. The molecule has 0 fully saturated rings. The summed E-state index contributed by atoms with van der Waals surface area (Å²) in [6, 6.07) is 17.1. The smallest absolute Gasteiger partial charge is 0.327 e. The molecule has 0 aliphatic carbocycles. The van der Waals surface area contributed by atoms with Crippen molar-refractivity contribution in [2.24, 2.45) is 0 Å². The van der Waals surface area contributed by atoms with Crippen molar-refractivity contribution in [1.29, 1.82) is 0 Å². The minimum absolute atomic E-state index is 0.472. The summed E-state index contributed by atoms with van der Waals surface area (Å²) in [4.78, 5) is 28.5. The number of ether oxygens (including phenoxy) is 3. The van der Waals surface area contributed by atoms with Gasteiger partial charge in [0.25, 0.3) is 0 Å². The standard InChI is InChI=1S/C25H21ClN4O5/c1-33-22-13-19-20(14-23(22)34-2)27-12-11-21(19)35-18-9-7-17(8-10-18)29-25(32)30-24(31)28-16-5-3-15(26)4-6-16/h3-14H,1-2H3,(H3,28,29,30,31,32). The van der Waals surface area contributed by atoms with Crippen LogP contribution in [0.25, 0.3) is 10.9 Å². The van der Waals surface area contributed by atoms with Crippen molar-refractivity contribution < 1.29 is 23.8 Å². The molecule has 9 nitrogen and oxygen atoms in total. The summed E-state index contributed by atoms with van der Waals surface area (Å²) in [6.07, 6.45) is 1.64. The Balaban J connectivity index is 1.39. The Morgan fingerprint density at radius 1 is 0.771 bits per heavy atom. The first-order valence-electron chi connectivity index (χ1n) is 10.4. The second kappa shape index (κ2) is 10.6. The van der Waals surface area contributed by atoms with Gasteiger partial charge in [-0.05, 0) is 60.7 Å². The molecule has 0 radical (unpaired) electrons. The summed E-state index contributed by atoms with van der Waals surface area (Å²) in [5.41, 5.74) is 1.66. The molecule has 3 aromatic carbocycles. The van der Waals surface area contributed by atoms with Gasteiger partial charge in [-0.1, -0.05) is 11.6 Å². The van der Waals surface area contributed by atoms with Gasteiger partial charge in [0, 0.05) is 34.0 Å². The summed E-state index contributed by atoms with van der Waals surface area (Å²) in [5.74, 6) is 2.25. The minimum Gasteiger partial charge on any atom is -0.493 e. The number of hydrogen-bond donors (Lipinski definition) is 3. The van der Waals surface area contributed by atoms with Gasteiger partial charge in [0.05, 0.1) is 19.7 Å². The number of urea groups is 2. The number of nitrogens with one attached hydrogen (secondary N) is 3. The average Bonchev–Trinajstić information content (AvgIpc) is 2.85. The van der Waals surface area contributed by atoms with Gasteiger partial charge in [-0.3, -0.25) is 10.3 Å². The van der Waals surface area contributed by atoms with E-state index in [1.54, 1.807) is 87.1 Å². The maximum atomic E-state index is 12.1. The summed E-state index contributed by atoms with van der Waals surface area (Å²) >= 11 is 5.81. The van der Waals surface area contributed by atoms with Crippen LogP contribution in [0.1, 0.15) is 0 Å². The molecule has 4 amide bonds. The Labute approximate surface area is 206 Å². The lowest BCUT2D eigenvalue weighted by atomic mass is 10.2. The van der Waals surface area contributed by atoms with Gasteiger partial charge in [-0.15, -0.1) is 0 Å². The van der Waals surface area contributed by atoms with Gasteiger partial charge in [0.2, 0.25) is 0 Å². The monoisotopic (exact) mass is 492 g/mol. The molecule has 1 aromatic heterocycles. The fourth-order valence-electron chi connectivity index (χ4n) is 3.23. The molecule has 0 spiro atoms. The topological polar surface area (TPSA) is 111 Å². The molecular weight excluding hydrogens is 472 g/mol. The first-order chi connectivity index (χ1) is 16.9. The number of methoxy groups -OCH3 is 2. The summed E-state index contributed by atoms with van der Waals surface area (Å²) < 4.78 is 16.7. The van der Waals surface area contributed by atoms with E-state index in [9.17, 15) is 9.59 Å². The van der Waals surface area contributed by atoms with Crippen molar-refractivity contribution in [3.8, 4) is 23.0 Å². The third-order valence-electron chi connectivity index (χ3n) is 4.88. The third kappa shape index (κ3) is 5.90. The number of hydrogen-bond acceptors (Lipinski definition) is 6. The molecular formula is C25H21ClN4O5. The van der Waals surface area contributed by atoms with Gasteiger partial charge >= 0.3 is 12.1 Å². The Kier molecular flexibility index (Phi) is 7.18. The number of pyridine rings is 1. The predicted octanol–water partition coefficient (Wildman–Crippen LogP) is 6.05. The lowest BCUT2D eigenvalue weighted by Crippen LogP contribution is -2.37. The maximum absolute atomic E-state index is 12.1. The van der Waals surface area contributed by atoms with Gasteiger partial charge in [-0.25, -0.2) is 9.59 Å². The largest absolute Gasteiger partial charge is 0.493 e. The Hall–Kier alpha value is -4.50. The van der Waals surface area contributed by atoms with Crippen LogP contribution in [-0.4, -0.2) is 31.3 Å². The van der Waals surface area contributed by atoms with E-state index in [1.165, 1.54) is 0 Å². The Morgan fingerprint density at radius 2 is 1.34 bits per heavy atom. The van der Waals surface area contributed by atoms with Crippen LogP contribution < -0.4 is 30.2 Å². The fraction of sp³-hybridized carbons (Fsp3) is 0.0800. The number of amides is 4. The van der Waals surface area contributed by atoms with Crippen LogP contribution in [0.15, 0.2) is 72.9 Å². The summed E-state index contributed by atoms with van der Waals surface area (Å²) in [6.45, 7) is 0. The number of benzene rings is 3. The number of rotatable bonds is 6. The van der Waals surface area contributed by atoms with E-state index in [-0.39, 0.29) is 0 Å². The van der Waals surface area contributed by atoms with E-state index in [0.29, 0.717) is 44.9 Å². The highest BCUT2D eigenvalue weighted by molar-refractivity contribution is 6.30. The average molecular weight is 493 g/mol.